The number of carbonyl (C=O) groups excluding carboxylic acids is 1. The van der Waals surface area contributed by atoms with Gasteiger partial charge in [0.25, 0.3) is 0 Å². The summed E-state index contributed by atoms with van der Waals surface area (Å²) >= 11 is 1.24. The lowest BCUT2D eigenvalue weighted by Crippen LogP contribution is -2.41. The van der Waals surface area contributed by atoms with Gasteiger partial charge in [-0.2, -0.15) is 5.26 Å². The molecule has 0 spiro atoms. The molecule has 1 amide bonds. The number of carboxylic acid groups (broad SMARTS) is 1. The number of carbonyl (C=O) groups is 2. The second kappa shape index (κ2) is 7.44. The number of fused-ring (bicyclic) bond motifs is 1. The highest BCUT2D eigenvalue weighted by atomic mass is 32.2. The Morgan fingerprint density at radius 1 is 1.48 bits per heavy atom. The molecule has 2 heterocycles. The van der Waals surface area contributed by atoms with Gasteiger partial charge in [-0.3, -0.25) is 4.79 Å². The predicted molar refractivity (Wildman–Crippen MR) is 93.2 cm³/mol. The Hall–Kier alpha value is -2.07. The highest BCUT2D eigenvalue weighted by Gasteiger charge is 2.33. The molecule has 0 radical (unpaired) electrons. The van der Waals surface area contributed by atoms with E-state index in [1.807, 2.05) is 6.07 Å². The normalized spacial score (nSPS) is 22.3. The maximum absolute atomic E-state index is 12.4. The fourth-order valence-corrected chi connectivity index (χ4v) is 4.41. The lowest BCUT2D eigenvalue weighted by molar-refractivity contribution is -0.147. The van der Waals surface area contributed by atoms with Gasteiger partial charge < -0.3 is 10.0 Å². The van der Waals surface area contributed by atoms with E-state index in [0.29, 0.717) is 35.9 Å². The summed E-state index contributed by atoms with van der Waals surface area (Å²) in [4.78, 5) is 29.7. The van der Waals surface area contributed by atoms with Crippen molar-refractivity contribution in [3.63, 3.8) is 0 Å². The number of likely N-dealkylation sites (tertiary alicyclic amines) is 1. The summed E-state index contributed by atoms with van der Waals surface area (Å²) in [7, 11) is 0. The zero-order valence-electron chi connectivity index (χ0n) is 14.2. The van der Waals surface area contributed by atoms with E-state index in [0.717, 1.165) is 30.5 Å². The molecule has 1 N–H and O–H groups in total. The van der Waals surface area contributed by atoms with Crippen molar-refractivity contribution in [1.29, 1.82) is 5.26 Å². The van der Waals surface area contributed by atoms with Gasteiger partial charge in [-0.1, -0.05) is 18.7 Å². The summed E-state index contributed by atoms with van der Waals surface area (Å²) in [5.41, 5.74) is 2.66. The third kappa shape index (κ3) is 3.79. The number of carboxylic acids is 1. The van der Waals surface area contributed by atoms with Crippen LogP contribution in [0.3, 0.4) is 0 Å². The summed E-state index contributed by atoms with van der Waals surface area (Å²) < 4.78 is 0. The van der Waals surface area contributed by atoms with E-state index in [9.17, 15) is 20.0 Å². The first kappa shape index (κ1) is 17.7. The predicted octanol–water partition coefficient (Wildman–Crippen LogP) is 2.25. The number of aryl methyl sites for hydroxylation is 1. The van der Waals surface area contributed by atoms with E-state index in [4.69, 9.17) is 0 Å². The van der Waals surface area contributed by atoms with Crippen LogP contribution in [0.15, 0.2) is 11.1 Å². The molecule has 0 saturated carbocycles. The summed E-state index contributed by atoms with van der Waals surface area (Å²) in [5.74, 6) is -0.439. The number of aliphatic carboxylic acids is 1. The van der Waals surface area contributed by atoms with Crippen molar-refractivity contribution in [2.75, 3.05) is 12.3 Å². The van der Waals surface area contributed by atoms with Gasteiger partial charge >= 0.3 is 5.97 Å². The van der Waals surface area contributed by atoms with E-state index in [1.54, 1.807) is 0 Å². The first-order valence-electron chi connectivity index (χ1n) is 8.57. The molecular weight excluding hydrogens is 338 g/mol. The van der Waals surface area contributed by atoms with Gasteiger partial charge in [0.2, 0.25) is 5.91 Å². The Balaban J connectivity index is 1.72. The van der Waals surface area contributed by atoms with Gasteiger partial charge in [0, 0.05) is 12.2 Å². The minimum atomic E-state index is -0.949. The van der Waals surface area contributed by atoms with Gasteiger partial charge in [-0.05, 0) is 49.7 Å². The minimum Gasteiger partial charge on any atom is -0.480 e. The van der Waals surface area contributed by atoms with Crippen LogP contribution >= 0.6 is 11.8 Å². The summed E-state index contributed by atoms with van der Waals surface area (Å²) in [5, 5.41) is 19.2. The fourth-order valence-electron chi connectivity index (χ4n) is 3.55. The maximum atomic E-state index is 12.4. The molecule has 1 saturated heterocycles. The van der Waals surface area contributed by atoms with E-state index < -0.39 is 12.0 Å². The van der Waals surface area contributed by atoms with Crippen LogP contribution in [-0.4, -0.2) is 45.2 Å². The Labute approximate surface area is 151 Å². The van der Waals surface area contributed by atoms with E-state index in [2.05, 4.69) is 18.0 Å². The van der Waals surface area contributed by atoms with Crippen LogP contribution in [0.1, 0.15) is 43.0 Å². The second-order valence-corrected chi connectivity index (χ2v) is 7.74. The lowest BCUT2D eigenvalue weighted by atomic mass is 9.87. The van der Waals surface area contributed by atoms with Crippen molar-refractivity contribution < 1.29 is 14.7 Å². The van der Waals surface area contributed by atoms with Crippen molar-refractivity contribution in [3.05, 3.63) is 22.9 Å². The van der Waals surface area contributed by atoms with E-state index in [1.165, 1.54) is 16.7 Å². The lowest BCUT2D eigenvalue weighted by Gasteiger charge is -2.22. The van der Waals surface area contributed by atoms with Crippen molar-refractivity contribution >= 4 is 23.6 Å². The van der Waals surface area contributed by atoms with Crippen LogP contribution in [0.2, 0.25) is 0 Å². The number of hydrogen-bond donors (Lipinski definition) is 1. The number of nitriles is 1. The number of rotatable bonds is 4. The second-order valence-electron chi connectivity index (χ2n) is 6.78. The molecule has 132 valence electrons. The van der Waals surface area contributed by atoms with Crippen LogP contribution in [0.25, 0.3) is 0 Å². The van der Waals surface area contributed by atoms with Crippen LogP contribution in [0.5, 0.6) is 0 Å². The van der Waals surface area contributed by atoms with Crippen molar-refractivity contribution in [2.45, 2.75) is 50.1 Å². The monoisotopic (exact) mass is 359 g/mol. The third-order valence-electron chi connectivity index (χ3n) is 4.91. The quantitative estimate of drug-likeness (QED) is 0.829. The van der Waals surface area contributed by atoms with Crippen LogP contribution in [0.4, 0.5) is 0 Å². The summed E-state index contributed by atoms with van der Waals surface area (Å²) in [6.45, 7) is 2.68. The average molecular weight is 359 g/mol. The molecule has 0 bridgehead atoms. The topological polar surface area (TPSA) is 94.3 Å². The molecule has 2 atom stereocenters. The molecule has 2 aliphatic rings. The number of aromatic nitrogens is 1. The van der Waals surface area contributed by atoms with E-state index >= 15 is 0 Å². The number of nitrogens with zero attached hydrogens (tertiary/aromatic N) is 3. The largest absolute Gasteiger partial charge is 0.480 e. The van der Waals surface area contributed by atoms with Crippen molar-refractivity contribution in [2.24, 2.45) is 5.92 Å². The van der Waals surface area contributed by atoms with Gasteiger partial charge in [0.05, 0.1) is 11.3 Å². The molecule has 3 rings (SSSR count). The number of thioether (sulfide) groups is 1. The third-order valence-corrected chi connectivity index (χ3v) is 5.89. The standard InChI is InChI=1S/C18H21N3O3S/c1-11-4-5-14-12(7-11)8-13(9-19)17(20-14)25-10-16(22)21-6-2-3-15(21)18(23)24/h8,11,15H,2-7,10H2,1H3,(H,23,24)/t11?,15-/m0/s1. The van der Waals surface area contributed by atoms with Crippen LogP contribution in [0, 0.1) is 17.2 Å². The molecule has 1 aromatic rings. The molecule has 0 aromatic carbocycles. The van der Waals surface area contributed by atoms with Crippen molar-refractivity contribution in [1.82, 2.24) is 9.88 Å². The molecule has 1 fully saturated rings. The Kier molecular flexibility index (Phi) is 5.28. The van der Waals surface area contributed by atoms with Crippen LogP contribution < -0.4 is 0 Å². The Morgan fingerprint density at radius 3 is 3.00 bits per heavy atom. The highest BCUT2D eigenvalue weighted by molar-refractivity contribution is 8.00. The smallest absolute Gasteiger partial charge is 0.326 e. The Morgan fingerprint density at radius 2 is 2.28 bits per heavy atom. The van der Waals surface area contributed by atoms with Crippen LogP contribution in [-0.2, 0) is 22.4 Å². The summed E-state index contributed by atoms with van der Waals surface area (Å²) in [6, 6.07) is 3.36. The Bertz CT molecular complexity index is 744. The highest BCUT2D eigenvalue weighted by Crippen LogP contribution is 2.30. The van der Waals surface area contributed by atoms with Gasteiger partial charge in [0.15, 0.2) is 0 Å². The molecule has 1 aromatic heterocycles. The first-order valence-corrected chi connectivity index (χ1v) is 9.56. The number of amides is 1. The number of hydrogen-bond acceptors (Lipinski definition) is 5. The first-order chi connectivity index (χ1) is 12.0. The SMILES string of the molecule is CC1CCc2nc(SCC(=O)N3CCC[C@H]3C(=O)O)c(C#N)cc2C1. The molecular formula is C18H21N3O3S. The zero-order valence-corrected chi connectivity index (χ0v) is 15.0. The maximum Gasteiger partial charge on any atom is 0.326 e. The van der Waals surface area contributed by atoms with Gasteiger partial charge in [-0.15, -0.1) is 0 Å². The summed E-state index contributed by atoms with van der Waals surface area (Å²) in [6.07, 6.45) is 4.14. The molecule has 25 heavy (non-hydrogen) atoms. The molecule has 6 nitrogen and oxygen atoms in total. The van der Waals surface area contributed by atoms with E-state index in [-0.39, 0.29) is 11.7 Å². The average Bonchev–Trinajstić information content (AvgIpc) is 3.09. The zero-order chi connectivity index (χ0) is 18.0. The molecule has 7 heteroatoms. The fraction of sp³-hybridized carbons (Fsp3) is 0.556. The van der Waals surface area contributed by atoms with Gasteiger partial charge in [-0.25, -0.2) is 9.78 Å². The molecule has 1 unspecified atom stereocenters. The van der Waals surface area contributed by atoms with Crippen molar-refractivity contribution in [3.8, 4) is 6.07 Å². The minimum absolute atomic E-state index is 0.112. The number of pyridine rings is 1. The molecule has 1 aliphatic carbocycles. The molecule has 1 aliphatic heterocycles. The van der Waals surface area contributed by atoms with Gasteiger partial charge in [0.1, 0.15) is 17.1 Å².